The summed E-state index contributed by atoms with van der Waals surface area (Å²) in [5, 5.41) is 12.2. The Kier molecular flexibility index (Phi) is 7.54. The highest BCUT2D eigenvalue weighted by Crippen LogP contribution is 2.23. The third kappa shape index (κ3) is 5.96. The molecule has 4 rings (SSSR count). The number of carbonyl (C=O) groups excluding carboxylic acids is 1. The summed E-state index contributed by atoms with van der Waals surface area (Å²) in [6, 6.07) is 27.7. The summed E-state index contributed by atoms with van der Waals surface area (Å²) in [7, 11) is 0. The maximum absolute atomic E-state index is 12.7. The van der Waals surface area contributed by atoms with Gasteiger partial charge in [-0.25, -0.2) is 4.79 Å². The van der Waals surface area contributed by atoms with Crippen molar-refractivity contribution in [3.63, 3.8) is 0 Å². The van der Waals surface area contributed by atoms with E-state index < -0.39 is 0 Å². The van der Waals surface area contributed by atoms with Gasteiger partial charge in [0.05, 0.1) is 12.6 Å². The Balaban J connectivity index is 1.30. The van der Waals surface area contributed by atoms with E-state index in [4.69, 9.17) is 4.74 Å². The van der Waals surface area contributed by atoms with Gasteiger partial charge < -0.3 is 15.2 Å². The average molecular weight is 431 g/mol. The Morgan fingerprint density at radius 2 is 1.41 bits per heavy atom. The molecule has 1 heterocycles. The van der Waals surface area contributed by atoms with E-state index in [9.17, 15) is 9.90 Å². The molecule has 0 atom stereocenters. The van der Waals surface area contributed by atoms with Crippen LogP contribution in [0.4, 0.5) is 4.79 Å². The molecule has 166 valence electrons. The number of aliphatic hydroxyl groups is 1. The second kappa shape index (κ2) is 10.9. The number of hydrogen-bond donors (Lipinski definition) is 2. The van der Waals surface area contributed by atoms with Gasteiger partial charge in [-0.15, -0.1) is 0 Å². The van der Waals surface area contributed by atoms with Crippen LogP contribution in [0, 0.1) is 0 Å². The Morgan fingerprint density at radius 3 is 1.94 bits per heavy atom. The molecule has 5 heteroatoms. The van der Waals surface area contributed by atoms with Gasteiger partial charge in [-0.2, -0.15) is 0 Å². The molecule has 3 aromatic carbocycles. The van der Waals surface area contributed by atoms with Crippen molar-refractivity contribution in [3.05, 3.63) is 107 Å². The molecule has 2 N–H and O–H groups in total. The van der Waals surface area contributed by atoms with Crippen molar-refractivity contribution in [1.29, 1.82) is 0 Å². The van der Waals surface area contributed by atoms with Gasteiger partial charge in [-0.3, -0.25) is 4.90 Å². The van der Waals surface area contributed by atoms with Crippen molar-refractivity contribution in [1.82, 2.24) is 10.2 Å². The summed E-state index contributed by atoms with van der Waals surface area (Å²) in [6.45, 7) is 2.72. The molecule has 0 aromatic heterocycles. The largest absolute Gasteiger partial charge is 0.446 e. The first-order valence-corrected chi connectivity index (χ1v) is 11.2. The summed E-state index contributed by atoms with van der Waals surface area (Å²) in [5.74, 6) is 0. The Labute approximate surface area is 189 Å². The van der Waals surface area contributed by atoms with Crippen LogP contribution >= 0.6 is 0 Å². The van der Waals surface area contributed by atoms with E-state index in [2.05, 4.69) is 22.3 Å². The predicted octanol–water partition coefficient (Wildman–Crippen LogP) is 4.66. The minimum atomic E-state index is -0.374. The molecular weight excluding hydrogens is 400 g/mol. The summed E-state index contributed by atoms with van der Waals surface area (Å²) in [4.78, 5) is 15.1. The standard InChI is InChI=1S/C27H30N2O3/c30-20-22-13-11-21(12-14-22)19-29-17-15-25(16-18-29)32-27(31)28-26(23-7-3-1-4-8-23)24-9-5-2-6-10-24/h1-14,25-26,30H,15-20H2,(H,28,31). The Hall–Kier alpha value is -3.15. The van der Waals surface area contributed by atoms with E-state index in [1.165, 1.54) is 5.56 Å². The van der Waals surface area contributed by atoms with Crippen molar-refractivity contribution in [2.45, 2.75) is 38.1 Å². The highest BCUT2D eigenvalue weighted by atomic mass is 16.6. The minimum Gasteiger partial charge on any atom is -0.446 e. The van der Waals surface area contributed by atoms with E-state index in [0.29, 0.717) is 0 Å². The number of rotatable bonds is 7. The van der Waals surface area contributed by atoms with Crippen LogP contribution in [0.5, 0.6) is 0 Å². The fourth-order valence-electron chi connectivity index (χ4n) is 4.15. The number of amides is 1. The smallest absolute Gasteiger partial charge is 0.408 e. The van der Waals surface area contributed by atoms with Crippen molar-refractivity contribution in [2.75, 3.05) is 13.1 Å². The zero-order chi connectivity index (χ0) is 22.2. The summed E-state index contributed by atoms with van der Waals surface area (Å²) >= 11 is 0. The highest BCUT2D eigenvalue weighted by molar-refractivity contribution is 5.69. The number of nitrogens with one attached hydrogen (secondary N) is 1. The van der Waals surface area contributed by atoms with Gasteiger partial charge in [0.25, 0.3) is 0 Å². The lowest BCUT2D eigenvalue weighted by molar-refractivity contribution is 0.0476. The van der Waals surface area contributed by atoms with Crippen LogP contribution in [-0.4, -0.2) is 35.3 Å². The first-order chi connectivity index (χ1) is 15.7. The quantitative estimate of drug-likeness (QED) is 0.572. The number of ether oxygens (including phenoxy) is 1. The van der Waals surface area contributed by atoms with Crippen molar-refractivity contribution in [2.24, 2.45) is 0 Å². The number of carbonyl (C=O) groups is 1. The first kappa shape index (κ1) is 22.1. The molecule has 0 unspecified atom stereocenters. The number of aliphatic hydroxyl groups excluding tert-OH is 1. The van der Waals surface area contributed by atoms with E-state index in [0.717, 1.165) is 49.2 Å². The average Bonchev–Trinajstić information content (AvgIpc) is 2.85. The molecule has 1 fully saturated rings. The van der Waals surface area contributed by atoms with E-state index in [1.807, 2.05) is 72.8 Å². The van der Waals surface area contributed by atoms with Gasteiger partial charge in [-0.05, 0) is 35.1 Å². The maximum atomic E-state index is 12.7. The molecule has 0 bridgehead atoms. The molecular formula is C27H30N2O3. The molecule has 5 nitrogen and oxygen atoms in total. The van der Waals surface area contributed by atoms with Gasteiger partial charge in [-0.1, -0.05) is 84.9 Å². The van der Waals surface area contributed by atoms with Gasteiger partial charge in [0.15, 0.2) is 0 Å². The first-order valence-electron chi connectivity index (χ1n) is 11.2. The van der Waals surface area contributed by atoms with Gasteiger partial charge in [0.1, 0.15) is 6.10 Å². The SMILES string of the molecule is O=C(NC(c1ccccc1)c1ccccc1)OC1CCN(Cc2ccc(CO)cc2)CC1. The van der Waals surface area contributed by atoms with Gasteiger partial charge >= 0.3 is 6.09 Å². The van der Waals surface area contributed by atoms with Crippen molar-refractivity contribution in [3.8, 4) is 0 Å². The predicted molar refractivity (Wildman–Crippen MR) is 125 cm³/mol. The number of piperidine rings is 1. The Morgan fingerprint density at radius 1 is 0.875 bits per heavy atom. The fourth-order valence-corrected chi connectivity index (χ4v) is 4.15. The lowest BCUT2D eigenvalue weighted by atomic mass is 9.99. The molecule has 0 spiro atoms. The number of hydrogen-bond acceptors (Lipinski definition) is 4. The van der Waals surface area contributed by atoms with Crippen LogP contribution in [0.3, 0.4) is 0 Å². The van der Waals surface area contributed by atoms with Crippen molar-refractivity contribution >= 4 is 6.09 Å². The van der Waals surface area contributed by atoms with E-state index in [1.54, 1.807) is 0 Å². The second-order valence-electron chi connectivity index (χ2n) is 8.25. The molecule has 32 heavy (non-hydrogen) atoms. The lowest BCUT2D eigenvalue weighted by Gasteiger charge is -2.32. The highest BCUT2D eigenvalue weighted by Gasteiger charge is 2.24. The number of benzene rings is 3. The van der Waals surface area contributed by atoms with E-state index >= 15 is 0 Å². The second-order valence-corrected chi connectivity index (χ2v) is 8.25. The molecule has 3 aromatic rings. The molecule has 0 aliphatic carbocycles. The van der Waals surface area contributed by atoms with Crippen LogP contribution in [-0.2, 0) is 17.9 Å². The van der Waals surface area contributed by atoms with Crippen LogP contribution < -0.4 is 5.32 Å². The number of nitrogens with zero attached hydrogens (tertiary/aromatic N) is 1. The number of alkyl carbamates (subject to hydrolysis) is 1. The van der Waals surface area contributed by atoms with Crippen LogP contribution in [0.25, 0.3) is 0 Å². The number of likely N-dealkylation sites (tertiary alicyclic amines) is 1. The van der Waals surface area contributed by atoms with Crippen LogP contribution in [0.15, 0.2) is 84.9 Å². The van der Waals surface area contributed by atoms with Gasteiger partial charge in [0, 0.05) is 19.6 Å². The normalized spacial score (nSPS) is 14.9. The molecule has 0 radical (unpaired) electrons. The monoisotopic (exact) mass is 430 g/mol. The summed E-state index contributed by atoms with van der Waals surface area (Å²) in [6.07, 6.45) is 1.20. The topological polar surface area (TPSA) is 61.8 Å². The zero-order valence-electron chi connectivity index (χ0n) is 18.2. The van der Waals surface area contributed by atoms with Gasteiger partial charge in [0.2, 0.25) is 0 Å². The fraction of sp³-hybridized carbons (Fsp3) is 0.296. The maximum Gasteiger partial charge on any atom is 0.408 e. The lowest BCUT2D eigenvalue weighted by Crippen LogP contribution is -2.40. The third-order valence-corrected chi connectivity index (χ3v) is 5.95. The summed E-state index contributed by atoms with van der Waals surface area (Å²) < 4.78 is 5.79. The zero-order valence-corrected chi connectivity index (χ0v) is 18.2. The van der Waals surface area contributed by atoms with Crippen LogP contribution in [0.1, 0.15) is 41.1 Å². The third-order valence-electron chi connectivity index (χ3n) is 5.95. The Bertz CT molecular complexity index is 929. The van der Waals surface area contributed by atoms with E-state index in [-0.39, 0.29) is 24.8 Å². The van der Waals surface area contributed by atoms with Crippen molar-refractivity contribution < 1.29 is 14.6 Å². The summed E-state index contributed by atoms with van der Waals surface area (Å²) in [5.41, 5.74) is 4.21. The molecule has 0 saturated carbocycles. The molecule has 1 aliphatic rings. The minimum absolute atomic E-state index is 0.0699. The molecule has 1 amide bonds. The molecule has 1 aliphatic heterocycles. The van der Waals surface area contributed by atoms with Crippen LogP contribution in [0.2, 0.25) is 0 Å². The molecule has 1 saturated heterocycles.